The second-order valence-electron chi connectivity index (χ2n) is 5.63. The molecule has 1 amide bonds. The molecule has 0 spiro atoms. The van der Waals surface area contributed by atoms with Crippen molar-refractivity contribution < 1.29 is 9.32 Å². The van der Waals surface area contributed by atoms with Crippen molar-refractivity contribution in [2.75, 3.05) is 0 Å². The van der Waals surface area contributed by atoms with E-state index in [0.29, 0.717) is 18.1 Å². The van der Waals surface area contributed by atoms with E-state index in [1.54, 1.807) is 20.8 Å². The summed E-state index contributed by atoms with van der Waals surface area (Å²) in [5, 5.41) is 6.67. The summed E-state index contributed by atoms with van der Waals surface area (Å²) in [6, 6.07) is 9.50. The molecular weight excluding hydrogens is 304 g/mol. The summed E-state index contributed by atoms with van der Waals surface area (Å²) < 4.78 is 5.21. The second-order valence-corrected chi connectivity index (χ2v) is 5.63. The van der Waals surface area contributed by atoms with Crippen LogP contribution in [0.15, 0.2) is 34.9 Å². The van der Waals surface area contributed by atoms with Gasteiger partial charge in [0.25, 0.3) is 0 Å². The van der Waals surface area contributed by atoms with Crippen LogP contribution in [0.25, 0.3) is 0 Å². The van der Waals surface area contributed by atoms with Crippen LogP contribution in [0, 0.1) is 0 Å². The summed E-state index contributed by atoms with van der Waals surface area (Å²) in [6.07, 6.45) is 0.566. The van der Waals surface area contributed by atoms with Crippen LogP contribution in [0.1, 0.15) is 44.1 Å². The van der Waals surface area contributed by atoms with Gasteiger partial charge >= 0.3 is 0 Å². The number of amides is 1. The minimum Gasteiger partial charge on any atom is -0.345 e. The predicted octanol–water partition coefficient (Wildman–Crippen LogP) is 2.00. The highest BCUT2D eigenvalue weighted by Crippen LogP contribution is 2.12. The van der Waals surface area contributed by atoms with Crippen molar-refractivity contribution in [1.29, 1.82) is 0 Å². The van der Waals surface area contributed by atoms with Crippen LogP contribution >= 0.6 is 12.4 Å². The van der Waals surface area contributed by atoms with Crippen LogP contribution in [-0.2, 0) is 11.2 Å². The van der Waals surface area contributed by atoms with Crippen molar-refractivity contribution in [3.05, 3.63) is 47.6 Å². The molecule has 7 heteroatoms. The largest absolute Gasteiger partial charge is 0.345 e. The van der Waals surface area contributed by atoms with Crippen LogP contribution in [0.3, 0.4) is 0 Å². The van der Waals surface area contributed by atoms with Gasteiger partial charge in [0.15, 0.2) is 5.82 Å². The van der Waals surface area contributed by atoms with Crippen LogP contribution in [0.5, 0.6) is 0 Å². The maximum absolute atomic E-state index is 11.8. The minimum atomic E-state index is -0.940. The molecule has 2 rings (SSSR count). The third-order valence-corrected chi connectivity index (χ3v) is 3.00. The number of rotatable bonds is 5. The first-order chi connectivity index (χ1) is 9.86. The Balaban J connectivity index is 0.00000242. The summed E-state index contributed by atoms with van der Waals surface area (Å²) in [4.78, 5) is 16.1. The van der Waals surface area contributed by atoms with Crippen molar-refractivity contribution in [2.24, 2.45) is 5.73 Å². The smallest absolute Gasteiger partial charge is 0.240 e. The molecule has 1 atom stereocenters. The third-order valence-electron chi connectivity index (χ3n) is 3.00. The summed E-state index contributed by atoms with van der Waals surface area (Å²) in [7, 11) is 0. The van der Waals surface area contributed by atoms with Gasteiger partial charge in [-0.3, -0.25) is 4.79 Å². The van der Waals surface area contributed by atoms with E-state index in [-0.39, 0.29) is 24.4 Å². The highest BCUT2D eigenvalue weighted by atomic mass is 35.5. The Bertz CT molecular complexity index is 608. The lowest BCUT2D eigenvalue weighted by molar-refractivity contribution is -0.125. The molecule has 3 N–H and O–H groups in total. The van der Waals surface area contributed by atoms with Gasteiger partial charge in [-0.2, -0.15) is 4.98 Å². The van der Waals surface area contributed by atoms with E-state index in [1.807, 2.05) is 30.3 Å². The molecule has 120 valence electrons. The minimum absolute atomic E-state index is 0. The molecule has 0 bridgehead atoms. The number of carbonyl (C=O) groups excluding carboxylic acids is 1. The van der Waals surface area contributed by atoms with E-state index in [1.165, 1.54) is 0 Å². The van der Waals surface area contributed by atoms with Crippen molar-refractivity contribution in [3.8, 4) is 0 Å². The van der Waals surface area contributed by atoms with Gasteiger partial charge in [-0.25, -0.2) is 0 Å². The number of nitrogens with zero attached hydrogens (tertiary/aromatic N) is 2. The van der Waals surface area contributed by atoms with E-state index in [4.69, 9.17) is 10.3 Å². The summed E-state index contributed by atoms with van der Waals surface area (Å²) in [5.74, 6) is 0.701. The first-order valence-electron chi connectivity index (χ1n) is 6.82. The number of hydrogen-bond donors (Lipinski definition) is 2. The van der Waals surface area contributed by atoms with Gasteiger partial charge in [0, 0.05) is 0 Å². The van der Waals surface area contributed by atoms with Crippen molar-refractivity contribution in [2.45, 2.75) is 38.8 Å². The van der Waals surface area contributed by atoms with Gasteiger partial charge in [0.2, 0.25) is 11.8 Å². The third kappa shape index (κ3) is 4.82. The zero-order chi connectivity index (χ0) is 15.5. The zero-order valence-electron chi connectivity index (χ0n) is 12.9. The molecule has 6 nitrogen and oxygen atoms in total. The molecule has 22 heavy (non-hydrogen) atoms. The lowest BCUT2D eigenvalue weighted by Crippen LogP contribution is -2.49. The van der Waals surface area contributed by atoms with Crippen molar-refractivity contribution in [3.63, 3.8) is 0 Å². The van der Waals surface area contributed by atoms with Crippen LogP contribution < -0.4 is 11.1 Å². The first kappa shape index (κ1) is 18.1. The highest BCUT2D eigenvalue weighted by Gasteiger charge is 2.25. The molecule has 0 aliphatic heterocycles. The van der Waals surface area contributed by atoms with Crippen LogP contribution in [0.4, 0.5) is 0 Å². The topological polar surface area (TPSA) is 94.0 Å². The Morgan fingerprint density at radius 2 is 2.00 bits per heavy atom. The molecule has 1 unspecified atom stereocenters. The van der Waals surface area contributed by atoms with Crippen LogP contribution in [-0.4, -0.2) is 21.6 Å². The molecule has 0 saturated heterocycles. The maximum atomic E-state index is 11.8. The standard InChI is InChI=1S/C15H20N4O2.ClH/c1-10(17-14(20)15(2,3)16)13-18-12(21-19-13)9-11-7-5-4-6-8-11;/h4-8,10H,9,16H2,1-3H3,(H,17,20);1H. The van der Waals surface area contributed by atoms with Gasteiger partial charge < -0.3 is 15.6 Å². The predicted molar refractivity (Wildman–Crippen MR) is 85.6 cm³/mol. The van der Waals surface area contributed by atoms with E-state index in [0.717, 1.165) is 5.56 Å². The van der Waals surface area contributed by atoms with Gasteiger partial charge in [0.05, 0.1) is 18.0 Å². The maximum Gasteiger partial charge on any atom is 0.240 e. The molecule has 1 heterocycles. The van der Waals surface area contributed by atoms with Gasteiger partial charge in [-0.1, -0.05) is 35.5 Å². The number of halogens is 1. The average Bonchev–Trinajstić information content (AvgIpc) is 2.87. The van der Waals surface area contributed by atoms with Gasteiger partial charge in [-0.15, -0.1) is 12.4 Å². The summed E-state index contributed by atoms with van der Waals surface area (Å²) >= 11 is 0. The number of nitrogens with one attached hydrogen (secondary N) is 1. The molecule has 0 aliphatic rings. The lowest BCUT2D eigenvalue weighted by atomic mass is 10.1. The Morgan fingerprint density at radius 1 is 1.36 bits per heavy atom. The fraction of sp³-hybridized carbons (Fsp3) is 0.400. The van der Waals surface area contributed by atoms with Crippen LogP contribution in [0.2, 0.25) is 0 Å². The van der Waals surface area contributed by atoms with Gasteiger partial charge in [0.1, 0.15) is 0 Å². The Kier molecular flexibility index (Phi) is 6.08. The SMILES string of the molecule is CC(NC(=O)C(C)(C)N)c1noc(Cc2ccccc2)n1.Cl. The van der Waals surface area contributed by atoms with E-state index < -0.39 is 5.54 Å². The molecule has 1 aromatic heterocycles. The van der Waals surface area contributed by atoms with E-state index >= 15 is 0 Å². The molecule has 0 saturated carbocycles. The fourth-order valence-corrected chi connectivity index (χ4v) is 1.73. The molecule has 0 fully saturated rings. The Hall–Kier alpha value is -1.92. The number of hydrogen-bond acceptors (Lipinski definition) is 5. The second kappa shape index (κ2) is 7.38. The summed E-state index contributed by atoms with van der Waals surface area (Å²) in [6.45, 7) is 5.08. The fourth-order valence-electron chi connectivity index (χ4n) is 1.73. The summed E-state index contributed by atoms with van der Waals surface area (Å²) in [5.41, 5.74) is 5.89. The highest BCUT2D eigenvalue weighted by molar-refractivity contribution is 5.85. The normalized spacial score (nSPS) is 12.4. The van der Waals surface area contributed by atoms with Crippen molar-refractivity contribution in [1.82, 2.24) is 15.5 Å². The van der Waals surface area contributed by atoms with E-state index in [9.17, 15) is 4.79 Å². The monoisotopic (exact) mass is 324 g/mol. The number of carbonyl (C=O) groups is 1. The zero-order valence-corrected chi connectivity index (χ0v) is 13.7. The van der Waals surface area contributed by atoms with Crippen molar-refractivity contribution >= 4 is 18.3 Å². The molecular formula is C15H21ClN4O2. The quantitative estimate of drug-likeness (QED) is 0.877. The molecule has 0 radical (unpaired) electrons. The number of benzene rings is 1. The molecule has 0 aliphatic carbocycles. The van der Waals surface area contributed by atoms with Gasteiger partial charge in [-0.05, 0) is 26.3 Å². The molecule has 2 aromatic rings. The van der Waals surface area contributed by atoms with E-state index in [2.05, 4.69) is 15.5 Å². The Morgan fingerprint density at radius 3 is 2.59 bits per heavy atom. The number of aromatic nitrogens is 2. The number of nitrogens with two attached hydrogens (primary N) is 1. The average molecular weight is 325 g/mol. The molecule has 1 aromatic carbocycles. The first-order valence-corrected chi connectivity index (χ1v) is 6.82. The Labute approximate surface area is 135 Å². The lowest BCUT2D eigenvalue weighted by Gasteiger charge is -2.20.